The van der Waals surface area contributed by atoms with E-state index in [9.17, 15) is 0 Å². The summed E-state index contributed by atoms with van der Waals surface area (Å²) in [6.07, 6.45) is 0. The van der Waals surface area contributed by atoms with Crippen LogP contribution in [0.5, 0.6) is 0 Å². The summed E-state index contributed by atoms with van der Waals surface area (Å²) < 4.78 is 0. The normalized spacial score (nSPS) is 8.11. The van der Waals surface area contributed by atoms with Crippen LogP contribution in [0.15, 0.2) is 30.3 Å². The number of aliphatic carboxylic acids is 1. The molecule has 104 valence electrons. The van der Waals surface area contributed by atoms with Gasteiger partial charge < -0.3 is 11.6 Å². The summed E-state index contributed by atoms with van der Waals surface area (Å²) in [7, 11) is 0. The van der Waals surface area contributed by atoms with Gasteiger partial charge in [-0.3, -0.25) is 4.79 Å². The second kappa shape index (κ2) is 16.0. The number of carboxylic acid groups (broad SMARTS) is 1. The maximum absolute atomic E-state index is 9.00. The first-order chi connectivity index (χ1) is 7.13. The molecule has 0 amide bonds. The Bertz CT molecular complexity index is 280. The van der Waals surface area contributed by atoms with Crippen LogP contribution in [-0.2, 0) is 25.2 Å². The molecule has 0 saturated heterocycles. The Balaban J connectivity index is -0.0000000499. The fourth-order valence-electron chi connectivity index (χ4n) is 0.534. The summed E-state index contributed by atoms with van der Waals surface area (Å²) in [5, 5.41) is 15.9. The number of benzene rings is 1. The van der Waals surface area contributed by atoms with E-state index in [1.807, 2.05) is 18.2 Å². The maximum Gasteiger partial charge on any atom is 1.00 e. The van der Waals surface area contributed by atoms with Gasteiger partial charge in [-0.15, -0.1) is 0 Å². The van der Waals surface area contributed by atoms with E-state index in [2.05, 4.69) is 19.1 Å². The summed E-state index contributed by atoms with van der Waals surface area (Å²) >= 11 is 0. The van der Waals surface area contributed by atoms with Crippen LogP contribution >= 0.6 is 0 Å². The fourth-order valence-corrected chi connectivity index (χ4v) is 0.534. The zero-order valence-electron chi connectivity index (χ0n) is 13.0. The second-order valence-corrected chi connectivity index (χ2v) is 4.34. The molecule has 18 heavy (non-hydrogen) atoms. The average molecular weight is 373 g/mol. The number of aliphatic hydroxyl groups is 1. The first-order valence-corrected chi connectivity index (χ1v) is 5.06. The summed E-state index contributed by atoms with van der Waals surface area (Å²) in [6.45, 7) is 8.40. The van der Waals surface area contributed by atoms with Gasteiger partial charge in [0.05, 0.1) is 5.60 Å². The average Bonchev–Trinajstić information content (AvgIpc) is 2.00. The van der Waals surface area contributed by atoms with Crippen molar-refractivity contribution in [2.24, 2.45) is 0 Å². The summed E-state index contributed by atoms with van der Waals surface area (Å²) in [5.41, 5.74) is 0.822. The van der Waals surface area contributed by atoms with E-state index in [1.54, 1.807) is 20.8 Å². The van der Waals surface area contributed by atoms with Gasteiger partial charge in [0.2, 0.25) is 0 Å². The largest absolute Gasteiger partial charge is 1.00 e. The van der Waals surface area contributed by atoms with Crippen molar-refractivity contribution in [3.05, 3.63) is 35.9 Å². The number of carbonyl (C=O) groups is 1. The molecule has 3 nitrogen and oxygen atoms in total. The molecule has 0 aliphatic heterocycles. The molecule has 0 aliphatic rings. The number of rotatable bonds is 0. The predicted octanol–water partition coefficient (Wildman–Crippen LogP) is -0.0229. The van der Waals surface area contributed by atoms with E-state index in [0.29, 0.717) is 0 Å². The first kappa shape index (κ1) is 27.3. The Hall–Kier alpha value is 0.949. The van der Waals surface area contributed by atoms with Gasteiger partial charge in [0.25, 0.3) is 5.97 Å². The Morgan fingerprint density at radius 2 is 1.39 bits per heavy atom. The van der Waals surface area contributed by atoms with E-state index >= 15 is 0 Å². The maximum atomic E-state index is 9.00. The Kier molecular flexibility index (Phi) is 24.3. The number of hydrogen-bond donors (Lipinski definition) is 2. The molecule has 2 N–H and O–H groups in total. The molecular weight excluding hydrogens is 350 g/mol. The summed E-state index contributed by atoms with van der Waals surface area (Å²) in [4.78, 5) is 9.00. The van der Waals surface area contributed by atoms with Crippen molar-refractivity contribution < 1.29 is 88.2 Å². The van der Waals surface area contributed by atoms with Crippen molar-refractivity contribution in [2.75, 3.05) is 0 Å². The van der Waals surface area contributed by atoms with Crippen LogP contribution in [0.4, 0.5) is 0 Å². The first-order valence-electron chi connectivity index (χ1n) is 5.06. The number of aryl methyl sites for hydroxylation is 1. The number of carboxylic acids is 1. The van der Waals surface area contributed by atoms with Crippen LogP contribution in [0, 0.1) is 6.92 Å². The van der Waals surface area contributed by atoms with Crippen molar-refractivity contribution >= 4 is 5.97 Å². The Morgan fingerprint density at radius 1 is 1.17 bits per heavy atom. The van der Waals surface area contributed by atoms with E-state index in [1.165, 1.54) is 5.56 Å². The van der Waals surface area contributed by atoms with Crippen molar-refractivity contribution in [3.8, 4) is 0 Å². The van der Waals surface area contributed by atoms with Crippen molar-refractivity contribution in [3.63, 3.8) is 0 Å². The zero-order chi connectivity index (χ0) is 13.2. The van der Waals surface area contributed by atoms with E-state index in [-0.39, 0.29) is 73.2 Å². The molecular formula is C13H23KO3Pd. The van der Waals surface area contributed by atoms with Crippen molar-refractivity contribution in [2.45, 2.75) is 40.2 Å². The third-order valence-corrected chi connectivity index (χ3v) is 0.940. The molecule has 0 radical (unpaired) electrons. The Morgan fingerprint density at radius 3 is 1.50 bits per heavy atom. The van der Waals surface area contributed by atoms with Gasteiger partial charge in [-0.2, -0.15) is 0 Å². The number of hydrogen-bond acceptors (Lipinski definition) is 2. The van der Waals surface area contributed by atoms with Crippen LogP contribution in [0.1, 0.15) is 34.7 Å². The zero-order valence-corrected chi connectivity index (χ0v) is 16.7. The minimum Gasteiger partial charge on any atom is -1.00 e. The second-order valence-electron chi connectivity index (χ2n) is 4.34. The predicted molar refractivity (Wildman–Crippen MR) is 67.6 cm³/mol. The summed E-state index contributed by atoms with van der Waals surface area (Å²) in [5.74, 6) is -0.833. The van der Waals surface area contributed by atoms with Crippen LogP contribution in [0.3, 0.4) is 0 Å². The molecule has 1 aromatic carbocycles. The SMILES string of the molecule is CC(=O)O.CC(C)(C)O.Cc1ccccc1.[H-].[K+].[Pd]. The third kappa shape index (κ3) is 53.8. The smallest absolute Gasteiger partial charge is 1.00 e. The van der Waals surface area contributed by atoms with Gasteiger partial charge in [-0.05, 0) is 27.7 Å². The standard InChI is InChI=1S/C7H8.C4H10O.C2H4O2.K.Pd.H/c1-7-5-3-2-4-6-7;1-4(2,3)5;1-2(3)4;;;/h2-6H,1H3;5H,1-3H3;1H3,(H,3,4);;;/q;;;+1;;-1. The molecule has 0 spiro atoms. The molecule has 0 bridgehead atoms. The van der Waals surface area contributed by atoms with Gasteiger partial charge in [0, 0.05) is 27.3 Å². The molecule has 0 saturated carbocycles. The van der Waals surface area contributed by atoms with E-state index < -0.39 is 11.6 Å². The van der Waals surface area contributed by atoms with Crippen LogP contribution in [-0.4, -0.2) is 21.8 Å². The molecule has 0 aliphatic carbocycles. The van der Waals surface area contributed by atoms with Crippen molar-refractivity contribution in [1.82, 2.24) is 0 Å². The van der Waals surface area contributed by atoms with Gasteiger partial charge in [0.1, 0.15) is 0 Å². The molecule has 0 unspecified atom stereocenters. The molecule has 1 rings (SSSR count). The van der Waals surface area contributed by atoms with E-state index in [4.69, 9.17) is 15.0 Å². The van der Waals surface area contributed by atoms with Gasteiger partial charge in [-0.1, -0.05) is 35.9 Å². The van der Waals surface area contributed by atoms with Crippen LogP contribution < -0.4 is 51.4 Å². The Labute approximate surface area is 168 Å². The quantitative estimate of drug-likeness (QED) is 0.629. The molecule has 5 heteroatoms. The van der Waals surface area contributed by atoms with Gasteiger partial charge in [-0.25, -0.2) is 0 Å². The summed E-state index contributed by atoms with van der Waals surface area (Å²) in [6, 6.07) is 10.3. The third-order valence-electron chi connectivity index (χ3n) is 0.940. The van der Waals surface area contributed by atoms with Crippen molar-refractivity contribution in [1.29, 1.82) is 0 Å². The van der Waals surface area contributed by atoms with Crippen LogP contribution in [0.25, 0.3) is 0 Å². The van der Waals surface area contributed by atoms with E-state index in [0.717, 1.165) is 6.92 Å². The van der Waals surface area contributed by atoms with Gasteiger partial charge >= 0.3 is 51.4 Å². The fraction of sp³-hybridized carbons (Fsp3) is 0.462. The van der Waals surface area contributed by atoms with Gasteiger partial charge in [0.15, 0.2) is 0 Å². The minimum atomic E-state index is -0.833. The minimum absolute atomic E-state index is 0. The molecule has 0 heterocycles. The molecule has 1 aromatic rings. The molecule has 0 atom stereocenters. The monoisotopic (exact) mass is 372 g/mol. The molecule has 0 aromatic heterocycles. The topological polar surface area (TPSA) is 57.5 Å². The molecule has 0 fully saturated rings. The van der Waals surface area contributed by atoms with Crippen LogP contribution in [0.2, 0.25) is 0 Å².